The Morgan fingerprint density at radius 3 is 2.43 bits per heavy atom. The van der Waals surface area contributed by atoms with Crippen molar-refractivity contribution in [2.45, 2.75) is 38.9 Å². The molecule has 0 aliphatic carbocycles. The van der Waals surface area contributed by atoms with Gasteiger partial charge in [0.15, 0.2) is 0 Å². The standard InChI is InChI=1S/C16H19BN2O4/c1-15(2)16(3,4)23-17(22-15)12-7-5-6-8-13(12)21-14(20)19-10-9-18-11-19/h5-11H,1-4H3. The second kappa shape index (κ2) is 5.51. The summed E-state index contributed by atoms with van der Waals surface area (Å²) in [7, 11) is -0.591. The number of nitrogens with zero attached hydrogens (tertiary/aromatic N) is 2. The van der Waals surface area contributed by atoms with Crippen LogP contribution in [-0.4, -0.2) is 34.0 Å². The molecule has 3 rings (SSSR count). The SMILES string of the molecule is CC1(C)OB(c2ccccc2OC(=O)n2ccnc2)OC1(C)C. The van der Waals surface area contributed by atoms with Crippen LogP contribution in [0.2, 0.25) is 0 Å². The Hall–Kier alpha value is -2.12. The molecule has 1 aromatic heterocycles. The minimum Gasteiger partial charge on any atom is -0.410 e. The quantitative estimate of drug-likeness (QED) is 0.796. The van der Waals surface area contributed by atoms with Crippen LogP contribution in [0.5, 0.6) is 5.75 Å². The van der Waals surface area contributed by atoms with Gasteiger partial charge in [0, 0.05) is 17.9 Å². The molecule has 2 aromatic rings. The van der Waals surface area contributed by atoms with Crippen molar-refractivity contribution in [3.05, 3.63) is 43.0 Å². The highest BCUT2D eigenvalue weighted by atomic mass is 16.7. The zero-order valence-corrected chi connectivity index (χ0v) is 13.6. The normalized spacial score (nSPS) is 18.9. The lowest BCUT2D eigenvalue weighted by Gasteiger charge is -2.32. The van der Waals surface area contributed by atoms with E-state index in [1.54, 1.807) is 12.1 Å². The molecule has 0 spiro atoms. The van der Waals surface area contributed by atoms with Gasteiger partial charge in [-0.2, -0.15) is 0 Å². The van der Waals surface area contributed by atoms with Crippen LogP contribution in [0.1, 0.15) is 27.7 Å². The molecule has 1 aromatic carbocycles. The second-order valence-electron chi connectivity index (χ2n) is 6.46. The van der Waals surface area contributed by atoms with Crippen molar-refractivity contribution in [1.82, 2.24) is 9.55 Å². The van der Waals surface area contributed by atoms with Crippen molar-refractivity contribution in [2.75, 3.05) is 0 Å². The van der Waals surface area contributed by atoms with Crippen LogP contribution in [0.3, 0.4) is 0 Å². The van der Waals surface area contributed by atoms with E-state index >= 15 is 0 Å². The first-order chi connectivity index (χ1) is 10.8. The summed E-state index contributed by atoms with van der Waals surface area (Å²) in [6, 6.07) is 7.20. The van der Waals surface area contributed by atoms with Gasteiger partial charge in [-0.05, 0) is 33.8 Å². The van der Waals surface area contributed by atoms with Gasteiger partial charge in [-0.15, -0.1) is 0 Å². The second-order valence-corrected chi connectivity index (χ2v) is 6.46. The lowest BCUT2D eigenvalue weighted by atomic mass is 9.78. The van der Waals surface area contributed by atoms with Gasteiger partial charge in [-0.1, -0.05) is 18.2 Å². The van der Waals surface area contributed by atoms with Gasteiger partial charge in [-0.3, -0.25) is 0 Å². The fourth-order valence-corrected chi connectivity index (χ4v) is 2.25. The number of imidazole rings is 1. The minimum absolute atomic E-state index is 0.407. The molecule has 0 unspecified atom stereocenters. The van der Waals surface area contributed by atoms with Gasteiger partial charge >= 0.3 is 13.2 Å². The third-order valence-corrected chi connectivity index (χ3v) is 4.34. The summed E-state index contributed by atoms with van der Waals surface area (Å²) in [6.07, 6.45) is 3.90. The van der Waals surface area contributed by atoms with Gasteiger partial charge in [0.2, 0.25) is 0 Å². The molecule has 6 nitrogen and oxygen atoms in total. The average molecular weight is 314 g/mol. The predicted octanol–water partition coefficient (Wildman–Crippen LogP) is 2.23. The monoisotopic (exact) mass is 314 g/mol. The maximum atomic E-state index is 12.1. The van der Waals surface area contributed by atoms with E-state index in [0.29, 0.717) is 11.2 Å². The summed E-state index contributed by atoms with van der Waals surface area (Å²) >= 11 is 0. The van der Waals surface area contributed by atoms with Crippen molar-refractivity contribution in [3.8, 4) is 5.75 Å². The smallest absolute Gasteiger partial charge is 0.410 e. The number of carbonyl (C=O) groups is 1. The lowest BCUT2D eigenvalue weighted by molar-refractivity contribution is 0.00578. The Kier molecular flexibility index (Phi) is 3.78. The van der Waals surface area contributed by atoms with Crippen molar-refractivity contribution >= 4 is 18.7 Å². The van der Waals surface area contributed by atoms with Crippen molar-refractivity contribution in [2.24, 2.45) is 0 Å². The molecule has 23 heavy (non-hydrogen) atoms. The molecule has 0 bridgehead atoms. The Balaban J connectivity index is 1.86. The van der Waals surface area contributed by atoms with E-state index in [1.807, 2.05) is 39.8 Å². The van der Waals surface area contributed by atoms with E-state index in [1.165, 1.54) is 23.3 Å². The molecule has 0 saturated carbocycles. The van der Waals surface area contributed by atoms with E-state index in [2.05, 4.69) is 4.98 Å². The maximum Gasteiger partial charge on any atom is 0.498 e. The fraction of sp³-hybridized carbons (Fsp3) is 0.375. The molecule has 1 fully saturated rings. The molecule has 120 valence electrons. The first-order valence-electron chi connectivity index (χ1n) is 7.45. The Bertz CT molecular complexity index is 697. The Morgan fingerprint density at radius 1 is 1.17 bits per heavy atom. The molecular formula is C16H19BN2O4. The first kappa shape index (κ1) is 15.8. The topological polar surface area (TPSA) is 62.6 Å². The molecular weight excluding hydrogens is 295 g/mol. The van der Waals surface area contributed by atoms with Crippen LogP contribution in [0.15, 0.2) is 43.0 Å². The number of para-hydroxylation sites is 1. The van der Waals surface area contributed by atoms with E-state index in [-0.39, 0.29) is 0 Å². The van der Waals surface area contributed by atoms with Gasteiger partial charge in [0.05, 0.1) is 11.2 Å². The summed E-state index contributed by atoms with van der Waals surface area (Å²) < 4.78 is 18.8. The van der Waals surface area contributed by atoms with Gasteiger partial charge in [0.25, 0.3) is 0 Å². The molecule has 7 heteroatoms. The number of ether oxygens (including phenoxy) is 1. The van der Waals surface area contributed by atoms with Crippen LogP contribution in [0, 0.1) is 0 Å². The number of carbonyl (C=O) groups excluding carboxylic acids is 1. The Morgan fingerprint density at radius 2 is 1.83 bits per heavy atom. The third-order valence-electron chi connectivity index (χ3n) is 4.34. The van der Waals surface area contributed by atoms with E-state index in [0.717, 1.165) is 0 Å². The van der Waals surface area contributed by atoms with Crippen LogP contribution in [0.25, 0.3) is 0 Å². The summed E-state index contributed by atoms with van der Waals surface area (Å²) in [5.74, 6) is 0.407. The highest BCUT2D eigenvalue weighted by Crippen LogP contribution is 2.37. The van der Waals surface area contributed by atoms with Crippen LogP contribution in [0.4, 0.5) is 4.79 Å². The summed E-state index contributed by atoms with van der Waals surface area (Å²) in [4.78, 5) is 16.0. The van der Waals surface area contributed by atoms with Gasteiger partial charge in [-0.25, -0.2) is 14.3 Å². The summed E-state index contributed by atoms with van der Waals surface area (Å²) in [5, 5.41) is 0. The summed E-state index contributed by atoms with van der Waals surface area (Å²) in [5.41, 5.74) is -0.238. The number of hydrogen-bond acceptors (Lipinski definition) is 5. The third kappa shape index (κ3) is 2.89. The predicted molar refractivity (Wildman–Crippen MR) is 85.8 cm³/mol. The van der Waals surface area contributed by atoms with E-state index < -0.39 is 24.4 Å². The van der Waals surface area contributed by atoms with Crippen LogP contribution in [-0.2, 0) is 9.31 Å². The minimum atomic E-state index is -0.591. The highest BCUT2D eigenvalue weighted by molar-refractivity contribution is 6.63. The van der Waals surface area contributed by atoms with Crippen molar-refractivity contribution in [1.29, 1.82) is 0 Å². The fourth-order valence-electron chi connectivity index (χ4n) is 2.25. The number of aromatic nitrogens is 2. The average Bonchev–Trinajstić information content (AvgIpc) is 3.06. The zero-order valence-electron chi connectivity index (χ0n) is 13.6. The van der Waals surface area contributed by atoms with Gasteiger partial charge < -0.3 is 14.0 Å². The van der Waals surface area contributed by atoms with Crippen LogP contribution < -0.4 is 10.2 Å². The van der Waals surface area contributed by atoms with E-state index in [9.17, 15) is 4.79 Å². The van der Waals surface area contributed by atoms with E-state index in [4.69, 9.17) is 14.0 Å². The molecule has 2 heterocycles. The zero-order chi connectivity index (χ0) is 16.7. The van der Waals surface area contributed by atoms with Crippen molar-refractivity contribution < 1.29 is 18.8 Å². The molecule has 0 N–H and O–H groups in total. The molecule has 1 saturated heterocycles. The first-order valence-corrected chi connectivity index (χ1v) is 7.45. The van der Waals surface area contributed by atoms with Crippen LogP contribution >= 0.6 is 0 Å². The van der Waals surface area contributed by atoms with Gasteiger partial charge in [0.1, 0.15) is 12.1 Å². The Labute approximate surface area is 135 Å². The number of hydrogen-bond donors (Lipinski definition) is 0. The number of benzene rings is 1. The molecule has 0 amide bonds. The summed E-state index contributed by atoms with van der Waals surface area (Å²) in [6.45, 7) is 7.92. The maximum absolute atomic E-state index is 12.1. The molecule has 0 radical (unpaired) electrons. The highest BCUT2D eigenvalue weighted by Gasteiger charge is 2.52. The molecule has 1 aliphatic rings. The van der Waals surface area contributed by atoms with Crippen molar-refractivity contribution in [3.63, 3.8) is 0 Å². The molecule has 0 atom stereocenters. The molecule has 1 aliphatic heterocycles. The largest absolute Gasteiger partial charge is 0.498 e. The number of rotatable bonds is 2. The lowest BCUT2D eigenvalue weighted by Crippen LogP contribution is -2.41.